The summed E-state index contributed by atoms with van der Waals surface area (Å²) in [6.45, 7) is 4.34. The number of ether oxygens (including phenoxy) is 1. The van der Waals surface area contributed by atoms with Crippen molar-refractivity contribution in [2.45, 2.75) is 104 Å². The number of rotatable bonds is 14. The van der Waals surface area contributed by atoms with Gasteiger partial charge in [0, 0.05) is 0 Å². The van der Waals surface area contributed by atoms with Crippen molar-refractivity contribution in [2.24, 2.45) is 46.8 Å². The molecule has 0 amide bonds. The molecule has 2 nitrogen and oxygen atoms in total. The van der Waals surface area contributed by atoms with Crippen LogP contribution in [0.5, 0.6) is 0 Å². The number of esters is 1. The third kappa shape index (κ3) is 5.54. The van der Waals surface area contributed by atoms with Crippen molar-refractivity contribution < 1.29 is 9.53 Å². The van der Waals surface area contributed by atoms with Crippen molar-refractivity contribution in [3.8, 4) is 0 Å². The second-order valence-corrected chi connectivity index (χ2v) is 11.4. The Morgan fingerprint density at radius 2 is 1.57 bits per heavy atom. The summed E-state index contributed by atoms with van der Waals surface area (Å²) in [7, 11) is 1.51. The zero-order valence-electron chi connectivity index (χ0n) is 18.8. The Kier molecular flexibility index (Phi) is 6.43. The lowest BCUT2D eigenvalue weighted by atomic mass is 9.91. The maximum atomic E-state index is 11.5. The van der Waals surface area contributed by atoms with Crippen molar-refractivity contribution in [2.75, 3.05) is 7.11 Å². The van der Waals surface area contributed by atoms with Gasteiger partial charge in [-0.1, -0.05) is 33.1 Å². The van der Waals surface area contributed by atoms with Crippen LogP contribution in [0.1, 0.15) is 104 Å². The molecule has 0 N–H and O–H groups in total. The fourth-order valence-corrected chi connectivity index (χ4v) is 6.29. The zero-order chi connectivity index (χ0) is 19.7. The van der Waals surface area contributed by atoms with Crippen molar-refractivity contribution in [1.82, 2.24) is 0 Å². The van der Waals surface area contributed by atoms with Gasteiger partial charge in [-0.05, 0) is 112 Å². The van der Waals surface area contributed by atoms with Crippen molar-refractivity contribution in [3.05, 3.63) is 0 Å². The fourth-order valence-electron chi connectivity index (χ4n) is 6.29. The molecule has 0 aromatic rings. The summed E-state index contributed by atoms with van der Waals surface area (Å²) in [4.78, 5) is 11.5. The zero-order valence-corrected chi connectivity index (χ0v) is 18.8. The van der Waals surface area contributed by atoms with E-state index < -0.39 is 0 Å². The molecule has 0 aromatic carbocycles. The van der Waals surface area contributed by atoms with Gasteiger partial charge in [0.25, 0.3) is 0 Å². The number of methoxy groups -OCH3 is 1. The van der Waals surface area contributed by atoms with E-state index in [0.717, 1.165) is 47.3 Å². The highest BCUT2D eigenvalue weighted by Gasteiger charge is 2.52. The molecule has 160 valence electrons. The van der Waals surface area contributed by atoms with Crippen LogP contribution in [-0.4, -0.2) is 13.1 Å². The first kappa shape index (κ1) is 20.7. The molecule has 4 fully saturated rings. The van der Waals surface area contributed by atoms with Crippen molar-refractivity contribution >= 4 is 5.97 Å². The van der Waals surface area contributed by atoms with Gasteiger partial charge in [0.2, 0.25) is 0 Å². The molecule has 7 atom stereocenters. The first-order valence-electron chi connectivity index (χ1n) is 12.6. The third-order valence-corrected chi connectivity index (χ3v) is 8.96. The van der Waals surface area contributed by atoms with Crippen molar-refractivity contribution in [1.29, 1.82) is 0 Å². The minimum atomic E-state index is -0.0308. The number of carbonyl (C=O) groups excluding carboxylic acids is 1. The second kappa shape index (κ2) is 8.68. The number of carbonyl (C=O) groups is 1. The largest absolute Gasteiger partial charge is 0.469 e. The van der Waals surface area contributed by atoms with Gasteiger partial charge >= 0.3 is 5.97 Å². The summed E-state index contributed by atoms with van der Waals surface area (Å²) in [5.74, 6) is 6.32. The maximum Gasteiger partial charge on any atom is 0.308 e. The van der Waals surface area contributed by atoms with Gasteiger partial charge in [0.1, 0.15) is 0 Å². The van der Waals surface area contributed by atoms with Crippen LogP contribution in [-0.2, 0) is 9.53 Å². The van der Waals surface area contributed by atoms with Gasteiger partial charge in [-0.3, -0.25) is 4.79 Å². The van der Waals surface area contributed by atoms with Crippen LogP contribution in [0.3, 0.4) is 0 Å². The number of hydrogen-bond acceptors (Lipinski definition) is 2. The minimum Gasteiger partial charge on any atom is -0.469 e. The summed E-state index contributed by atoms with van der Waals surface area (Å²) in [5.41, 5.74) is 0.820. The van der Waals surface area contributed by atoms with Gasteiger partial charge in [0.05, 0.1) is 13.0 Å². The molecule has 0 saturated heterocycles. The van der Waals surface area contributed by atoms with Crippen LogP contribution in [0.25, 0.3) is 0 Å². The Labute approximate surface area is 173 Å². The monoisotopic (exact) mass is 388 g/mol. The summed E-state index contributed by atoms with van der Waals surface area (Å²) >= 11 is 0. The van der Waals surface area contributed by atoms with Crippen LogP contribution in [0.2, 0.25) is 0 Å². The standard InChI is InChI=1S/C26H44O2/c1-4-5-6-9-26(10-11-26)17-24-16-23(24)15-22-14-21(22)13-20-12-19(20)8-7-18(2)25(27)28-3/h18-24H,4-17H2,1-3H3. The lowest BCUT2D eigenvalue weighted by Gasteiger charge is -2.14. The van der Waals surface area contributed by atoms with E-state index in [1.165, 1.54) is 58.5 Å². The molecule has 0 radical (unpaired) electrons. The van der Waals surface area contributed by atoms with E-state index in [-0.39, 0.29) is 11.9 Å². The van der Waals surface area contributed by atoms with E-state index in [2.05, 4.69) is 6.92 Å². The Morgan fingerprint density at radius 1 is 0.964 bits per heavy atom. The second-order valence-electron chi connectivity index (χ2n) is 11.4. The lowest BCUT2D eigenvalue weighted by Crippen LogP contribution is -2.12. The smallest absolute Gasteiger partial charge is 0.308 e. The van der Waals surface area contributed by atoms with E-state index in [4.69, 9.17) is 4.74 Å². The predicted octanol–water partition coefficient (Wildman–Crippen LogP) is 7.01. The Hall–Kier alpha value is -0.530. The predicted molar refractivity (Wildman–Crippen MR) is 115 cm³/mol. The van der Waals surface area contributed by atoms with Crippen LogP contribution in [0.15, 0.2) is 0 Å². The fraction of sp³-hybridized carbons (Fsp3) is 0.962. The van der Waals surface area contributed by atoms with Crippen molar-refractivity contribution in [3.63, 3.8) is 0 Å². The SMILES string of the molecule is CCCCCC1(CC2CC2CC2CC2CC2CC2CCC(C)C(=O)OC)CC1. The maximum absolute atomic E-state index is 11.5. The average molecular weight is 389 g/mol. The Morgan fingerprint density at radius 3 is 2.21 bits per heavy atom. The lowest BCUT2D eigenvalue weighted by molar-refractivity contribution is -0.145. The van der Waals surface area contributed by atoms with Gasteiger partial charge in [-0.15, -0.1) is 0 Å². The van der Waals surface area contributed by atoms with Gasteiger partial charge in [-0.25, -0.2) is 0 Å². The molecular formula is C26H44O2. The highest BCUT2D eigenvalue weighted by Crippen LogP contribution is 2.63. The molecule has 28 heavy (non-hydrogen) atoms. The molecule has 4 saturated carbocycles. The molecule has 0 aliphatic heterocycles. The molecule has 4 aliphatic carbocycles. The van der Waals surface area contributed by atoms with E-state index in [1.807, 2.05) is 6.92 Å². The van der Waals surface area contributed by atoms with E-state index in [1.54, 1.807) is 32.1 Å². The molecule has 0 heterocycles. The summed E-state index contributed by atoms with van der Waals surface area (Å²) in [6, 6.07) is 0. The number of unbranched alkanes of at least 4 members (excludes halogenated alkanes) is 2. The minimum absolute atomic E-state index is 0.0308. The molecular weight excluding hydrogens is 344 g/mol. The Balaban J connectivity index is 1.05. The van der Waals surface area contributed by atoms with Gasteiger partial charge in [0.15, 0.2) is 0 Å². The van der Waals surface area contributed by atoms with Gasteiger partial charge in [-0.2, -0.15) is 0 Å². The molecule has 4 rings (SSSR count). The quantitative estimate of drug-likeness (QED) is 0.236. The van der Waals surface area contributed by atoms with Gasteiger partial charge < -0.3 is 4.74 Å². The van der Waals surface area contributed by atoms with E-state index >= 15 is 0 Å². The first-order chi connectivity index (χ1) is 13.5. The highest BCUT2D eigenvalue weighted by molar-refractivity contribution is 5.71. The van der Waals surface area contributed by atoms with Crippen LogP contribution < -0.4 is 0 Å². The normalized spacial score (nSPS) is 38.0. The van der Waals surface area contributed by atoms with Crippen LogP contribution in [0.4, 0.5) is 0 Å². The van der Waals surface area contributed by atoms with Crippen LogP contribution >= 0.6 is 0 Å². The molecule has 7 unspecified atom stereocenters. The van der Waals surface area contributed by atoms with E-state index in [0.29, 0.717) is 0 Å². The highest BCUT2D eigenvalue weighted by atomic mass is 16.5. The molecule has 0 bridgehead atoms. The molecule has 0 aromatic heterocycles. The number of hydrogen-bond donors (Lipinski definition) is 0. The first-order valence-corrected chi connectivity index (χ1v) is 12.6. The Bertz CT molecular complexity index is 537. The topological polar surface area (TPSA) is 26.3 Å². The summed E-state index contributed by atoms with van der Waals surface area (Å²) in [5, 5.41) is 0. The van der Waals surface area contributed by atoms with E-state index in [9.17, 15) is 4.79 Å². The summed E-state index contributed by atoms with van der Waals surface area (Å²) in [6.07, 6.45) is 20.4. The average Bonchev–Trinajstić information content (AvgIpc) is 3.50. The molecule has 0 spiro atoms. The molecule has 4 aliphatic rings. The molecule has 2 heteroatoms. The summed E-state index contributed by atoms with van der Waals surface area (Å²) < 4.78 is 4.85. The van der Waals surface area contributed by atoms with Crippen LogP contribution in [0, 0.1) is 46.8 Å². The third-order valence-electron chi connectivity index (χ3n) is 8.96.